The van der Waals surface area contributed by atoms with Crippen molar-refractivity contribution in [1.82, 2.24) is 5.32 Å². The first-order valence-electron chi connectivity index (χ1n) is 5.48. The zero-order valence-electron chi connectivity index (χ0n) is 9.24. The Morgan fingerprint density at radius 3 is 2.65 bits per heavy atom. The van der Waals surface area contributed by atoms with Crippen LogP contribution in [-0.2, 0) is 0 Å². The summed E-state index contributed by atoms with van der Waals surface area (Å²) in [6, 6.07) is 4.72. The van der Waals surface area contributed by atoms with Gasteiger partial charge >= 0.3 is 0 Å². The van der Waals surface area contributed by atoms with Gasteiger partial charge in [-0.1, -0.05) is 15.9 Å². The van der Waals surface area contributed by atoms with Gasteiger partial charge in [0.1, 0.15) is 5.75 Å². The highest BCUT2D eigenvalue weighted by Crippen LogP contribution is 2.32. The molecule has 17 heavy (non-hydrogen) atoms. The molecule has 0 radical (unpaired) electrons. The van der Waals surface area contributed by atoms with E-state index in [0.29, 0.717) is 4.47 Å². The van der Waals surface area contributed by atoms with Gasteiger partial charge in [-0.25, -0.2) is 0 Å². The number of aromatic hydroxyl groups is 1. The van der Waals surface area contributed by atoms with Crippen LogP contribution in [0.5, 0.6) is 5.75 Å². The smallest absolute Gasteiger partial charge is 0.255 e. The maximum Gasteiger partial charge on any atom is 0.255 e. The van der Waals surface area contributed by atoms with Gasteiger partial charge < -0.3 is 15.5 Å². The van der Waals surface area contributed by atoms with Crippen molar-refractivity contribution in [3.8, 4) is 5.75 Å². The Labute approximate surface area is 108 Å². The lowest BCUT2D eigenvalue weighted by Gasteiger charge is -2.40. The fourth-order valence-electron chi connectivity index (χ4n) is 1.93. The highest BCUT2D eigenvalue weighted by molar-refractivity contribution is 9.10. The number of aliphatic hydroxyl groups is 1. The van der Waals surface area contributed by atoms with Crippen LogP contribution < -0.4 is 5.32 Å². The van der Waals surface area contributed by atoms with Crippen LogP contribution in [0.2, 0.25) is 0 Å². The predicted octanol–water partition coefficient (Wildman–Crippen LogP) is 1.80. The molecule has 0 unspecified atom stereocenters. The molecule has 1 fully saturated rings. The molecular formula is C12H14BrNO3. The first-order valence-corrected chi connectivity index (χ1v) is 6.27. The normalized spacial score (nSPS) is 17.3. The van der Waals surface area contributed by atoms with Crippen molar-refractivity contribution in [2.45, 2.75) is 24.8 Å². The Morgan fingerprint density at radius 2 is 2.18 bits per heavy atom. The van der Waals surface area contributed by atoms with E-state index in [9.17, 15) is 15.0 Å². The number of halogens is 1. The van der Waals surface area contributed by atoms with Crippen molar-refractivity contribution >= 4 is 21.8 Å². The predicted molar refractivity (Wildman–Crippen MR) is 66.9 cm³/mol. The van der Waals surface area contributed by atoms with E-state index >= 15 is 0 Å². The lowest BCUT2D eigenvalue weighted by atomic mass is 9.77. The number of rotatable bonds is 3. The molecular weight excluding hydrogens is 286 g/mol. The molecule has 1 amide bonds. The van der Waals surface area contributed by atoms with E-state index in [0.717, 1.165) is 19.3 Å². The summed E-state index contributed by atoms with van der Waals surface area (Å²) in [6.07, 6.45) is 2.58. The van der Waals surface area contributed by atoms with Crippen molar-refractivity contribution in [2.24, 2.45) is 0 Å². The molecule has 2 rings (SSSR count). The van der Waals surface area contributed by atoms with Gasteiger partial charge in [0.05, 0.1) is 17.7 Å². The molecule has 5 heteroatoms. The summed E-state index contributed by atoms with van der Waals surface area (Å²) in [4.78, 5) is 11.9. The van der Waals surface area contributed by atoms with Crippen LogP contribution >= 0.6 is 15.9 Å². The molecule has 1 aliphatic carbocycles. The molecule has 1 aromatic rings. The van der Waals surface area contributed by atoms with Crippen molar-refractivity contribution in [3.05, 3.63) is 28.2 Å². The molecule has 3 N–H and O–H groups in total. The zero-order valence-corrected chi connectivity index (χ0v) is 10.8. The van der Waals surface area contributed by atoms with Crippen LogP contribution in [0.15, 0.2) is 22.7 Å². The van der Waals surface area contributed by atoms with E-state index in [2.05, 4.69) is 21.2 Å². The average molecular weight is 300 g/mol. The van der Waals surface area contributed by atoms with Crippen LogP contribution in [0.3, 0.4) is 0 Å². The van der Waals surface area contributed by atoms with Gasteiger partial charge in [-0.05, 0) is 37.5 Å². The molecule has 1 saturated carbocycles. The van der Waals surface area contributed by atoms with E-state index in [1.165, 1.54) is 6.07 Å². The van der Waals surface area contributed by atoms with Crippen LogP contribution in [-0.4, -0.2) is 28.3 Å². The number of amides is 1. The second kappa shape index (κ2) is 4.66. The number of benzene rings is 1. The molecule has 0 atom stereocenters. The molecule has 1 aliphatic rings. The third-order valence-corrected chi connectivity index (χ3v) is 3.69. The number of phenolic OH excluding ortho intramolecular Hbond substituents is 1. The second-order valence-corrected chi connectivity index (χ2v) is 5.32. The summed E-state index contributed by atoms with van der Waals surface area (Å²) in [5.74, 6) is -0.409. The van der Waals surface area contributed by atoms with Gasteiger partial charge in [0.2, 0.25) is 0 Å². The summed E-state index contributed by atoms with van der Waals surface area (Å²) < 4.78 is 0.715. The monoisotopic (exact) mass is 299 g/mol. The molecule has 92 valence electrons. The Balaban J connectivity index is 2.14. The zero-order chi connectivity index (χ0) is 12.5. The number of nitrogens with one attached hydrogen (secondary N) is 1. The first kappa shape index (κ1) is 12.4. The summed E-state index contributed by atoms with van der Waals surface area (Å²) in [5, 5.41) is 21.7. The molecule has 0 bridgehead atoms. The highest BCUT2D eigenvalue weighted by Gasteiger charge is 2.38. The van der Waals surface area contributed by atoms with E-state index in [1.54, 1.807) is 12.1 Å². The number of carbonyl (C=O) groups is 1. The SMILES string of the molecule is O=C(NC1(CO)CCC1)c1ccc(Br)cc1O. The largest absolute Gasteiger partial charge is 0.507 e. The molecule has 0 aliphatic heterocycles. The molecule has 1 aromatic carbocycles. The van der Waals surface area contributed by atoms with Gasteiger partial charge in [-0.2, -0.15) is 0 Å². The van der Waals surface area contributed by atoms with Crippen LogP contribution in [0.4, 0.5) is 0 Å². The van der Waals surface area contributed by atoms with Gasteiger partial charge in [-0.15, -0.1) is 0 Å². The Hall–Kier alpha value is -1.07. The van der Waals surface area contributed by atoms with Crippen LogP contribution in [0, 0.1) is 0 Å². The summed E-state index contributed by atoms with van der Waals surface area (Å²) in [5.41, 5.74) is -0.260. The van der Waals surface area contributed by atoms with Gasteiger partial charge in [0.25, 0.3) is 5.91 Å². The lowest BCUT2D eigenvalue weighted by Crippen LogP contribution is -2.56. The maximum absolute atomic E-state index is 11.9. The van der Waals surface area contributed by atoms with Crippen LogP contribution in [0.25, 0.3) is 0 Å². The number of hydrogen-bond donors (Lipinski definition) is 3. The summed E-state index contributed by atoms with van der Waals surface area (Å²) in [6.45, 7) is -0.0595. The van der Waals surface area contributed by atoms with Crippen molar-refractivity contribution in [2.75, 3.05) is 6.61 Å². The second-order valence-electron chi connectivity index (χ2n) is 4.41. The Kier molecular flexibility index (Phi) is 3.40. The Morgan fingerprint density at radius 1 is 1.47 bits per heavy atom. The minimum Gasteiger partial charge on any atom is -0.507 e. The van der Waals surface area contributed by atoms with E-state index in [-0.39, 0.29) is 23.8 Å². The summed E-state index contributed by atoms with van der Waals surface area (Å²) in [7, 11) is 0. The fraction of sp³-hybridized carbons (Fsp3) is 0.417. The number of hydrogen-bond acceptors (Lipinski definition) is 3. The van der Waals surface area contributed by atoms with E-state index < -0.39 is 5.54 Å². The quantitative estimate of drug-likeness (QED) is 0.797. The van der Waals surface area contributed by atoms with Crippen molar-refractivity contribution < 1.29 is 15.0 Å². The molecule has 4 nitrogen and oxygen atoms in total. The van der Waals surface area contributed by atoms with E-state index in [4.69, 9.17) is 0 Å². The average Bonchev–Trinajstić information content (AvgIpc) is 2.23. The molecule has 0 saturated heterocycles. The first-order chi connectivity index (χ1) is 8.06. The molecule has 0 spiro atoms. The summed E-state index contributed by atoms with van der Waals surface area (Å²) >= 11 is 3.21. The maximum atomic E-state index is 11.9. The number of carbonyl (C=O) groups excluding carboxylic acids is 1. The van der Waals surface area contributed by atoms with Crippen LogP contribution in [0.1, 0.15) is 29.6 Å². The third kappa shape index (κ3) is 2.45. The standard InChI is InChI=1S/C12H14BrNO3/c13-8-2-3-9(10(16)6-8)11(17)14-12(7-15)4-1-5-12/h2-3,6,15-16H,1,4-5,7H2,(H,14,17). The number of phenols is 1. The number of aliphatic hydroxyl groups excluding tert-OH is 1. The molecule has 0 aromatic heterocycles. The van der Waals surface area contributed by atoms with Crippen molar-refractivity contribution in [1.29, 1.82) is 0 Å². The molecule has 0 heterocycles. The van der Waals surface area contributed by atoms with Crippen molar-refractivity contribution in [3.63, 3.8) is 0 Å². The van der Waals surface area contributed by atoms with E-state index in [1.807, 2.05) is 0 Å². The minimum absolute atomic E-state index is 0.0595. The third-order valence-electron chi connectivity index (χ3n) is 3.20. The highest BCUT2D eigenvalue weighted by atomic mass is 79.9. The minimum atomic E-state index is -0.489. The van der Waals surface area contributed by atoms with Gasteiger partial charge in [0, 0.05) is 4.47 Å². The van der Waals surface area contributed by atoms with Gasteiger partial charge in [-0.3, -0.25) is 4.79 Å². The lowest BCUT2D eigenvalue weighted by molar-refractivity contribution is 0.0639. The van der Waals surface area contributed by atoms with Gasteiger partial charge in [0.15, 0.2) is 0 Å². The topological polar surface area (TPSA) is 69.6 Å². The Bertz CT molecular complexity index is 438. The fourth-order valence-corrected chi connectivity index (χ4v) is 2.28.